The van der Waals surface area contributed by atoms with E-state index < -0.39 is 5.78 Å². The summed E-state index contributed by atoms with van der Waals surface area (Å²) >= 11 is 0. The summed E-state index contributed by atoms with van der Waals surface area (Å²) in [6.07, 6.45) is 5.99. The minimum absolute atomic E-state index is 0.364. The van der Waals surface area contributed by atoms with Crippen molar-refractivity contribution in [3.63, 3.8) is 0 Å². The minimum Gasteiger partial charge on any atom is -0.361 e. The summed E-state index contributed by atoms with van der Waals surface area (Å²) in [5.74, 6) is 1.96. The lowest BCUT2D eigenvalue weighted by Crippen LogP contribution is -2.03. The minimum atomic E-state index is -0.406. The molecule has 1 aromatic rings. The first-order chi connectivity index (χ1) is 6.29. The van der Waals surface area contributed by atoms with Gasteiger partial charge in [0.05, 0.1) is 0 Å². The van der Waals surface area contributed by atoms with E-state index in [4.69, 9.17) is 12.0 Å². The van der Waals surface area contributed by atoms with Crippen molar-refractivity contribution in [1.82, 2.24) is 0 Å². The second kappa shape index (κ2) is 4.01. The molecule has 1 aromatic carbocycles. The maximum Gasteiger partial charge on any atom is 0.328 e. The maximum absolute atomic E-state index is 11.2. The molecule has 0 bridgehead atoms. The fraction of sp³-hybridized carbons (Fsp3) is 0. The molecule has 0 N–H and O–H groups in total. The van der Waals surface area contributed by atoms with E-state index in [0.717, 1.165) is 6.21 Å². The van der Waals surface area contributed by atoms with Crippen LogP contribution in [0.5, 0.6) is 0 Å². The average Bonchev–Trinajstić information content (AvgIpc) is 2.18. The SMILES string of the molecule is C#Cc1ccccc1C(=O)C=[N+]=[N-]. The summed E-state index contributed by atoms with van der Waals surface area (Å²) in [5, 5.41) is 0. The van der Waals surface area contributed by atoms with E-state index in [1.165, 1.54) is 0 Å². The Labute approximate surface area is 75.6 Å². The highest BCUT2D eigenvalue weighted by Crippen LogP contribution is 2.06. The summed E-state index contributed by atoms with van der Waals surface area (Å²) in [6.45, 7) is 0. The number of terminal acetylenes is 1. The number of Topliss-reactive ketones (excluding diaryl/α,β-unsaturated/α-hetero) is 1. The molecule has 0 heterocycles. The molecule has 0 aliphatic heterocycles. The number of hydrogen-bond donors (Lipinski definition) is 0. The first kappa shape index (κ1) is 8.92. The van der Waals surface area contributed by atoms with Gasteiger partial charge in [-0.15, -0.1) is 6.42 Å². The van der Waals surface area contributed by atoms with E-state index in [9.17, 15) is 4.79 Å². The number of benzene rings is 1. The van der Waals surface area contributed by atoms with Crippen molar-refractivity contribution in [3.8, 4) is 12.3 Å². The zero-order valence-electron chi connectivity index (χ0n) is 6.77. The summed E-state index contributed by atoms with van der Waals surface area (Å²) < 4.78 is 0. The zero-order chi connectivity index (χ0) is 9.68. The molecule has 0 radical (unpaired) electrons. The molecule has 13 heavy (non-hydrogen) atoms. The van der Waals surface area contributed by atoms with E-state index in [0.29, 0.717) is 11.1 Å². The Balaban J connectivity index is 3.22. The van der Waals surface area contributed by atoms with Crippen LogP contribution in [0.3, 0.4) is 0 Å². The molecule has 3 heteroatoms. The van der Waals surface area contributed by atoms with Gasteiger partial charge in [-0.1, -0.05) is 18.1 Å². The number of hydrogen-bond acceptors (Lipinski definition) is 1. The molecule has 0 saturated carbocycles. The van der Waals surface area contributed by atoms with Gasteiger partial charge in [0.25, 0.3) is 5.78 Å². The predicted octanol–water partition coefficient (Wildman–Crippen LogP) is 1.15. The Morgan fingerprint density at radius 1 is 1.54 bits per heavy atom. The number of carbonyl (C=O) groups is 1. The molecule has 1 rings (SSSR count). The first-order valence-corrected chi connectivity index (χ1v) is 3.57. The molecule has 0 aromatic heterocycles. The Hall–Kier alpha value is -2.17. The van der Waals surface area contributed by atoms with Gasteiger partial charge in [0, 0.05) is 11.1 Å². The molecule has 0 saturated heterocycles. The van der Waals surface area contributed by atoms with Crippen LogP contribution in [-0.4, -0.2) is 16.8 Å². The Morgan fingerprint density at radius 2 is 2.23 bits per heavy atom. The smallest absolute Gasteiger partial charge is 0.328 e. The Bertz CT molecular complexity index is 423. The largest absolute Gasteiger partial charge is 0.361 e. The van der Waals surface area contributed by atoms with Crippen LogP contribution in [0.4, 0.5) is 0 Å². The molecule has 0 spiro atoms. The first-order valence-electron chi connectivity index (χ1n) is 3.57. The van der Waals surface area contributed by atoms with Gasteiger partial charge in [-0.05, 0) is 12.1 Å². The molecular weight excluding hydrogens is 164 g/mol. The standard InChI is InChI=1S/C10H6N2O/c1-2-8-5-3-4-6-9(8)10(13)7-12-11/h1,3-7H. The summed E-state index contributed by atoms with van der Waals surface area (Å²) in [7, 11) is 0. The highest BCUT2D eigenvalue weighted by atomic mass is 16.1. The normalized spacial score (nSPS) is 8.23. The van der Waals surface area contributed by atoms with E-state index in [1.807, 2.05) is 0 Å². The van der Waals surface area contributed by atoms with E-state index >= 15 is 0 Å². The summed E-state index contributed by atoms with van der Waals surface area (Å²) in [4.78, 5) is 13.9. The summed E-state index contributed by atoms with van der Waals surface area (Å²) in [5.41, 5.74) is 9.02. The van der Waals surface area contributed by atoms with Gasteiger partial charge in [-0.3, -0.25) is 4.79 Å². The third-order valence-corrected chi connectivity index (χ3v) is 1.52. The maximum atomic E-state index is 11.2. The second-order valence-electron chi connectivity index (χ2n) is 2.30. The molecule has 0 aliphatic rings. The molecule has 0 aliphatic carbocycles. The molecule has 62 valence electrons. The third kappa shape index (κ3) is 1.90. The molecule has 0 unspecified atom stereocenters. The third-order valence-electron chi connectivity index (χ3n) is 1.52. The zero-order valence-corrected chi connectivity index (χ0v) is 6.77. The van der Waals surface area contributed by atoms with Gasteiger partial charge in [0.2, 0.25) is 0 Å². The van der Waals surface area contributed by atoms with Gasteiger partial charge in [-0.2, -0.15) is 4.79 Å². The second-order valence-corrected chi connectivity index (χ2v) is 2.30. The van der Waals surface area contributed by atoms with Crippen molar-refractivity contribution in [3.05, 3.63) is 40.9 Å². The van der Waals surface area contributed by atoms with Crippen LogP contribution in [0.2, 0.25) is 0 Å². The topological polar surface area (TPSA) is 53.5 Å². The quantitative estimate of drug-likeness (QED) is 0.216. The predicted molar refractivity (Wildman–Crippen MR) is 48.4 cm³/mol. The van der Waals surface area contributed by atoms with Crippen LogP contribution < -0.4 is 0 Å². The molecule has 3 nitrogen and oxygen atoms in total. The van der Waals surface area contributed by atoms with Crippen LogP contribution >= 0.6 is 0 Å². The lowest BCUT2D eigenvalue weighted by Gasteiger charge is -1.95. The number of ketones is 1. The van der Waals surface area contributed by atoms with E-state index in [2.05, 4.69) is 10.7 Å². The van der Waals surface area contributed by atoms with Crippen molar-refractivity contribution < 1.29 is 9.58 Å². The van der Waals surface area contributed by atoms with Crippen molar-refractivity contribution in [2.24, 2.45) is 0 Å². The van der Waals surface area contributed by atoms with Crippen molar-refractivity contribution in [1.29, 1.82) is 0 Å². The lowest BCUT2D eigenvalue weighted by atomic mass is 10.1. The van der Waals surface area contributed by atoms with Crippen LogP contribution in [0.25, 0.3) is 5.53 Å². The lowest BCUT2D eigenvalue weighted by molar-refractivity contribution is 0.00234. The van der Waals surface area contributed by atoms with Crippen LogP contribution in [0.15, 0.2) is 24.3 Å². The van der Waals surface area contributed by atoms with Crippen LogP contribution in [-0.2, 0) is 0 Å². The summed E-state index contributed by atoms with van der Waals surface area (Å²) in [6, 6.07) is 6.67. The van der Waals surface area contributed by atoms with E-state index in [-0.39, 0.29) is 0 Å². The van der Waals surface area contributed by atoms with Crippen molar-refractivity contribution >= 4 is 12.0 Å². The fourth-order valence-electron chi connectivity index (χ4n) is 0.946. The van der Waals surface area contributed by atoms with Gasteiger partial charge in [0.1, 0.15) is 0 Å². The van der Waals surface area contributed by atoms with E-state index in [1.54, 1.807) is 24.3 Å². The molecular formula is C10H6N2O. The highest BCUT2D eigenvalue weighted by Gasteiger charge is 2.09. The van der Waals surface area contributed by atoms with Gasteiger partial charge in [0.15, 0.2) is 0 Å². The monoisotopic (exact) mass is 170 g/mol. The Kier molecular flexibility index (Phi) is 2.75. The highest BCUT2D eigenvalue weighted by molar-refractivity contribution is 6.34. The number of nitrogens with zero attached hydrogens (tertiary/aromatic N) is 2. The van der Waals surface area contributed by atoms with Crippen LogP contribution in [0, 0.1) is 12.3 Å². The van der Waals surface area contributed by atoms with Gasteiger partial charge >= 0.3 is 6.21 Å². The van der Waals surface area contributed by atoms with Crippen LogP contribution in [0.1, 0.15) is 15.9 Å². The average molecular weight is 170 g/mol. The Morgan fingerprint density at radius 3 is 2.85 bits per heavy atom. The van der Waals surface area contributed by atoms with Gasteiger partial charge in [-0.25, -0.2) is 0 Å². The van der Waals surface area contributed by atoms with Crippen molar-refractivity contribution in [2.75, 3.05) is 0 Å². The van der Waals surface area contributed by atoms with Crippen molar-refractivity contribution in [2.45, 2.75) is 0 Å². The molecule has 0 atom stereocenters. The number of rotatable bonds is 2. The fourth-order valence-corrected chi connectivity index (χ4v) is 0.946. The molecule has 0 amide bonds. The van der Waals surface area contributed by atoms with Gasteiger partial charge < -0.3 is 5.53 Å². The molecule has 0 fully saturated rings. The number of carbonyl (C=O) groups excluding carboxylic acids is 1.